The zero-order chi connectivity index (χ0) is 23.6. The Morgan fingerprint density at radius 2 is 1.78 bits per heavy atom. The van der Waals surface area contributed by atoms with E-state index in [1.807, 2.05) is 20.8 Å². The predicted molar refractivity (Wildman–Crippen MR) is 123 cm³/mol. The van der Waals surface area contributed by atoms with Crippen LogP contribution in [-0.2, 0) is 9.59 Å². The molecule has 8 nitrogen and oxygen atoms in total. The molecule has 10 heteroatoms. The second kappa shape index (κ2) is 9.50. The summed E-state index contributed by atoms with van der Waals surface area (Å²) in [5.41, 5.74) is 2.27. The van der Waals surface area contributed by atoms with Crippen LogP contribution in [0.15, 0.2) is 30.3 Å². The molecule has 1 heterocycles. The van der Waals surface area contributed by atoms with Crippen LogP contribution in [0.1, 0.15) is 36.3 Å². The first-order valence-electron chi connectivity index (χ1n) is 9.67. The van der Waals surface area contributed by atoms with Gasteiger partial charge in [-0.3, -0.25) is 14.4 Å². The number of carboxylic acids is 1. The molecule has 3 aromatic rings. The van der Waals surface area contributed by atoms with Crippen molar-refractivity contribution in [3.8, 4) is 11.5 Å². The lowest BCUT2D eigenvalue weighted by molar-refractivity contribution is -0.139. The van der Waals surface area contributed by atoms with Gasteiger partial charge in [0.1, 0.15) is 17.9 Å². The monoisotopic (exact) mass is 477 g/mol. The van der Waals surface area contributed by atoms with E-state index in [-0.39, 0.29) is 33.4 Å². The normalized spacial score (nSPS) is 10.9. The second-order valence-electron chi connectivity index (χ2n) is 7.45. The molecule has 2 amide bonds. The van der Waals surface area contributed by atoms with E-state index in [9.17, 15) is 14.4 Å². The zero-order valence-corrected chi connectivity index (χ0v) is 19.0. The van der Waals surface area contributed by atoms with Crippen LogP contribution in [0.25, 0.3) is 10.9 Å². The van der Waals surface area contributed by atoms with Gasteiger partial charge in [0.25, 0.3) is 5.91 Å². The summed E-state index contributed by atoms with van der Waals surface area (Å²) in [6.45, 7) is 5.61. The Morgan fingerprint density at radius 1 is 1.12 bits per heavy atom. The molecule has 0 bridgehead atoms. The van der Waals surface area contributed by atoms with Gasteiger partial charge < -0.3 is 25.5 Å². The highest BCUT2D eigenvalue weighted by Crippen LogP contribution is 2.39. The summed E-state index contributed by atoms with van der Waals surface area (Å²) in [7, 11) is 0. The minimum absolute atomic E-state index is 0.00775. The fourth-order valence-corrected chi connectivity index (χ4v) is 3.68. The van der Waals surface area contributed by atoms with E-state index in [0.717, 1.165) is 16.5 Å². The Morgan fingerprint density at radius 3 is 2.38 bits per heavy atom. The van der Waals surface area contributed by atoms with Gasteiger partial charge in [-0.15, -0.1) is 0 Å². The average molecular weight is 478 g/mol. The summed E-state index contributed by atoms with van der Waals surface area (Å²) >= 11 is 12.6. The predicted octanol–water partition coefficient (Wildman–Crippen LogP) is 5.13. The van der Waals surface area contributed by atoms with Gasteiger partial charge in [0, 0.05) is 22.6 Å². The Bertz CT molecular complexity index is 1200. The highest BCUT2D eigenvalue weighted by atomic mass is 35.5. The largest absolute Gasteiger partial charge is 0.481 e. The minimum Gasteiger partial charge on any atom is -0.481 e. The van der Waals surface area contributed by atoms with Crippen LogP contribution in [0.4, 0.5) is 5.69 Å². The number of amides is 2. The molecule has 0 aliphatic carbocycles. The Hall–Kier alpha value is -3.23. The number of benzene rings is 2. The van der Waals surface area contributed by atoms with Crippen molar-refractivity contribution in [3.63, 3.8) is 0 Å². The molecule has 0 aliphatic heterocycles. The summed E-state index contributed by atoms with van der Waals surface area (Å²) in [6, 6.07) is 8.09. The van der Waals surface area contributed by atoms with Crippen LogP contribution in [0.3, 0.4) is 0 Å². The Kier molecular flexibility index (Phi) is 6.96. The fraction of sp³-hybridized carbons (Fsp3) is 0.227. The van der Waals surface area contributed by atoms with E-state index in [2.05, 4.69) is 15.6 Å². The number of ether oxygens (including phenoxy) is 1. The highest BCUT2D eigenvalue weighted by molar-refractivity contribution is 6.37. The molecule has 0 unspecified atom stereocenters. The number of anilines is 1. The van der Waals surface area contributed by atoms with Crippen molar-refractivity contribution < 1.29 is 24.2 Å². The second-order valence-corrected chi connectivity index (χ2v) is 8.26. The first-order chi connectivity index (χ1) is 15.0. The standard InChI is InChI=1S/C22H21Cl2N3O5/c1-10(2)25-22(31)20-11(3)14-8-13(4-5-17(14)27-20)32-21-15(23)6-12(7-16(21)24)26-18(28)9-19(29)30/h4-8,10,27H,9H2,1-3H3,(H,25,31)(H,26,28)(H,29,30). The summed E-state index contributed by atoms with van der Waals surface area (Å²) in [5, 5.41) is 15.0. The number of hydrogen-bond donors (Lipinski definition) is 4. The van der Waals surface area contributed by atoms with Crippen LogP contribution >= 0.6 is 23.2 Å². The van der Waals surface area contributed by atoms with Crippen molar-refractivity contribution >= 4 is 57.6 Å². The van der Waals surface area contributed by atoms with Crippen molar-refractivity contribution in [3.05, 3.63) is 51.6 Å². The van der Waals surface area contributed by atoms with E-state index < -0.39 is 18.3 Å². The van der Waals surface area contributed by atoms with Crippen molar-refractivity contribution in [1.82, 2.24) is 10.3 Å². The van der Waals surface area contributed by atoms with Gasteiger partial charge >= 0.3 is 5.97 Å². The van der Waals surface area contributed by atoms with Gasteiger partial charge in [0.05, 0.1) is 10.0 Å². The number of hydrogen-bond acceptors (Lipinski definition) is 4. The number of carbonyl (C=O) groups excluding carboxylic acids is 2. The van der Waals surface area contributed by atoms with E-state index in [1.54, 1.807) is 18.2 Å². The third kappa shape index (κ3) is 5.33. The molecule has 0 fully saturated rings. The third-order valence-electron chi connectivity index (χ3n) is 4.49. The maximum atomic E-state index is 12.4. The number of carboxylic acid groups (broad SMARTS) is 1. The van der Waals surface area contributed by atoms with Gasteiger partial charge in [-0.25, -0.2) is 0 Å². The highest BCUT2D eigenvalue weighted by Gasteiger charge is 2.18. The molecule has 1 aromatic heterocycles. The lowest BCUT2D eigenvalue weighted by Crippen LogP contribution is -2.30. The van der Waals surface area contributed by atoms with Crippen LogP contribution in [0, 0.1) is 6.92 Å². The lowest BCUT2D eigenvalue weighted by Gasteiger charge is -2.12. The average Bonchev–Trinajstić information content (AvgIpc) is 3.00. The molecule has 3 rings (SSSR count). The van der Waals surface area contributed by atoms with Crippen molar-refractivity contribution in [1.29, 1.82) is 0 Å². The molecule has 2 aromatic carbocycles. The van der Waals surface area contributed by atoms with Gasteiger partial charge in [-0.1, -0.05) is 23.2 Å². The number of H-pyrrole nitrogens is 1. The minimum atomic E-state index is -1.25. The zero-order valence-electron chi connectivity index (χ0n) is 17.5. The number of carbonyl (C=O) groups is 3. The topological polar surface area (TPSA) is 121 Å². The van der Waals surface area contributed by atoms with Crippen molar-refractivity contribution in [2.24, 2.45) is 0 Å². The van der Waals surface area contributed by atoms with E-state index >= 15 is 0 Å². The van der Waals surface area contributed by atoms with Crippen molar-refractivity contribution in [2.75, 3.05) is 5.32 Å². The molecule has 0 saturated carbocycles. The Balaban J connectivity index is 1.86. The molecule has 0 atom stereocenters. The number of fused-ring (bicyclic) bond motifs is 1. The fourth-order valence-electron chi connectivity index (χ4n) is 3.12. The number of aromatic nitrogens is 1. The molecular weight excluding hydrogens is 457 g/mol. The molecular formula is C22H21Cl2N3O5. The van der Waals surface area contributed by atoms with E-state index in [1.165, 1.54) is 12.1 Å². The van der Waals surface area contributed by atoms with Crippen molar-refractivity contribution in [2.45, 2.75) is 33.2 Å². The summed E-state index contributed by atoms with van der Waals surface area (Å²) in [4.78, 5) is 37.8. The van der Waals surface area contributed by atoms with Crippen LogP contribution < -0.4 is 15.4 Å². The maximum absolute atomic E-state index is 12.4. The summed E-state index contributed by atoms with van der Waals surface area (Å²) in [5.74, 6) is -1.52. The number of aromatic amines is 1. The number of rotatable bonds is 7. The number of aliphatic carboxylic acids is 1. The first kappa shape index (κ1) is 23.4. The molecule has 32 heavy (non-hydrogen) atoms. The van der Waals surface area contributed by atoms with Crippen LogP contribution in [0.2, 0.25) is 10.0 Å². The quantitative estimate of drug-likeness (QED) is 0.351. The third-order valence-corrected chi connectivity index (χ3v) is 5.05. The molecule has 168 valence electrons. The lowest BCUT2D eigenvalue weighted by atomic mass is 10.1. The van der Waals surface area contributed by atoms with Gasteiger partial charge in [0.15, 0.2) is 5.75 Å². The molecule has 4 N–H and O–H groups in total. The van der Waals surface area contributed by atoms with Gasteiger partial charge in [-0.05, 0) is 56.7 Å². The molecule has 0 aliphatic rings. The molecule has 0 radical (unpaired) electrons. The summed E-state index contributed by atoms with van der Waals surface area (Å²) < 4.78 is 5.88. The number of nitrogens with one attached hydrogen (secondary N) is 3. The Labute approximate surface area is 193 Å². The number of aryl methyl sites for hydroxylation is 1. The SMILES string of the molecule is Cc1c(C(=O)NC(C)C)[nH]c2ccc(Oc3c(Cl)cc(NC(=O)CC(=O)O)cc3Cl)cc12. The maximum Gasteiger partial charge on any atom is 0.312 e. The molecule has 0 saturated heterocycles. The van der Waals surface area contributed by atoms with Gasteiger partial charge in [0.2, 0.25) is 5.91 Å². The smallest absolute Gasteiger partial charge is 0.312 e. The van der Waals surface area contributed by atoms with Crippen LogP contribution in [-0.4, -0.2) is 33.9 Å². The van der Waals surface area contributed by atoms with E-state index in [4.69, 9.17) is 33.0 Å². The first-order valence-corrected chi connectivity index (χ1v) is 10.4. The molecule has 0 spiro atoms. The van der Waals surface area contributed by atoms with Gasteiger partial charge in [-0.2, -0.15) is 0 Å². The van der Waals surface area contributed by atoms with Crippen LogP contribution in [0.5, 0.6) is 11.5 Å². The summed E-state index contributed by atoms with van der Waals surface area (Å²) in [6.07, 6.45) is -0.680. The number of halogens is 2. The van der Waals surface area contributed by atoms with E-state index in [0.29, 0.717) is 11.4 Å².